The van der Waals surface area contributed by atoms with Gasteiger partial charge in [-0.05, 0) is 30.3 Å². The summed E-state index contributed by atoms with van der Waals surface area (Å²) >= 11 is 5.82. The number of benzene rings is 2. The highest BCUT2D eigenvalue weighted by atomic mass is 35.5. The molecule has 1 N–H and O–H groups in total. The number of anilines is 1. The first-order valence-electron chi connectivity index (χ1n) is 6.07. The summed E-state index contributed by atoms with van der Waals surface area (Å²) in [6, 6.07) is 12.8. The maximum absolute atomic E-state index is 12.9. The Bertz CT molecular complexity index is 859. The van der Waals surface area contributed by atoms with Gasteiger partial charge in [0.1, 0.15) is 11.9 Å². The number of rotatable bonds is 4. The van der Waals surface area contributed by atoms with Gasteiger partial charge in [-0.1, -0.05) is 29.8 Å². The first-order chi connectivity index (χ1) is 10.4. The maximum Gasteiger partial charge on any atom is 0.218 e. The SMILES string of the molecule is N#C/C(=C\Nc1ccc(F)cc1Cl)S(=O)(=O)c1ccccc1. The lowest BCUT2D eigenvalue weighted by Crippen LogP contribution is -2.05. The monoisotopic (exact) mass is 336 g/mol. The summed E-state index contributed by atoms with van der Waals surface area (Å²) in [6.07, 6.45) is 1.03. The van der Waals surface area contributed by atoms with Crippen molar-refractivity contribution < 1.29 is 12.8 Å². The van der Waals surface area contributed by atoms with Gasteiger partial charge in [0, 0.05) is 6.20 Å². The van der Waals surface area contributed by atoms with Crippen molar-refractivity contribution in [1.29, 1.82) is 5.26 Å². The summed E-state index contributed by atoms with van der Waals surface area (Å²) in [4.78, 5) is -0.464. The first-order valence-corrected chi connectivity index (χ1v) is 7.93. The molecule has 22 heavy (non-hydrogen) atoms. The third kappa shape index (κ3) is 3.45. The number of nitrogens with one attached hydrogen (secondary N) is 1. The van der Waals surface area contributed by atoms with Crippen molar-refractivity contribution in [3.63, 3.8) is 0 Å². The van der Waals surface area contributed by atoms with Crippen LogP contribution >= 0.6 is 11.6 Å². The summed E-state index contributed by atoms with van der Waals surface area (Å²) in [5.41, 5.74) is 0.291. The Morgan fingerprint density at radius 1 is 1.23 bits per heavy atom. The molecule has 0 amide bonds. The zero-order valence-electron chi connectivity index (χ0n) is 11.1. The smallest absolute Gasteiger partial charge is 0.218 e. The summed E-state index contributed by atoms with van der Waals surface area (Å²) < 4.78 is 37.5. The molecule has 2 aromatic rings. The van der Waals surface area contributed by atoms with E-state index in [1.807, 2.05) is 0 Å². The molecule has 0 saturated carbocycles. The highest BCUT2D eigenvalue weighted by Gasteiger charge is 2.20. The highest BCUT2D eigenvalue weighted by Crippen LogP contribution is 2.24. The molecule has 2 aromatic carbocycles. The molecule has 4 nitrogen and oxygen atoms in total. The quantitative estimate of drug-likeness (QED) is 0.864. The van der Waals surface area contributed by atoms with Gasteiger partial charge in [-0.25, -0.2) is 12.8 Å². The Morgan fingerprint density at radius 2 is 1.91 bits per heavy atom. The number of halogens is 2. The summed E-state index contributed by atoms with van der Waals surface area (Å²) in [7, 11) is -3.92. The van der Waals surface area contributed by atoms with Crippen LogP contribution in [0.3, 0.4) is 0 Å². The van der Waals surface area contributed by atoms with E-state index in [1.165, 1.54) is 24.3 Å². The number of nitriles is 1. The molecule has 0 heterocycles. The fourth-order valence-corrected chi connectivity index (χ4v) is 2.97. The van der Waals surface area contributed by atoms with E-state index in [0.717, 1.165) is 12.3 Å². The fourth-order valence-electron chi connectivity index (χ4n) is 1.65. The predicted molar refractivity (Wildman–Crippen MR) is 82.4 cm³/mol. The van der Waals surface area contributed by atoms with Crippen LogP contribution in [0.1, 0.15) is 0 Å². The summed E-state index contributed by atoms with van der Waals surface area (Å²) in [6.45, 7) is 0. The molecule has 0 unspecified atom stereocenters. The third-order valence-electron chi connectivity index (χ3n) is 2.74. The van der Waals surface area contributed by atoms with Crippen molar-refractivity contribution in [3.05, 3.63) is 70.5 Å². The zero-order valence-corrected chi connectivity index (χ0v) is 12.7. The Morgan fingerprint density at radius 3 is 2.50 bits per heavy atom. The first kappa shape index (κ1) is 16.0. The fraction of sp³-hybridized carbons (Fsp3) is 0. The van der Waals surface area contributed by atoms with Crippen LogP contribution in [-0.2, 0) is 9.84 Å². The van der Waals surface area contributed by atoms with Crippen LogP contribution < -0.4 is 5.32 Å². The Kier molecular flexibility index (Phi) is 4.81. The van der Waals surface area contributed by atoms with Crippen molar-refractivity contribution in [2.24, 2.45) is 0 Å². The second-order valence-electron chi connectivity index (χ2n) is 4.21. The number of hydrogen-bond donors (Lipinski definition) is 1. The number of nitrogens with zero attached hydrogens (tertiary/aromatic N) is 1. The maximum atomic E-state index is 12.9. The summed E-state index contributed by atoms with van der Waals surface area (Å²) in [5.74, 6) is -0.517. The average Bonchev–Trinajstić information content (AvgIpc) is 2.50. The predicted octanol–water partition coefficient (Wildman–Crippen LogP) is 3.73. The van der Waals surface area contributed by atoms with Gasteiger partial charge in [0.15, 0.2) is 4.91 Å². The van der Waals surface area contributed by atoms with Crippen LogP contribution in [0.2, 0.25) is 5.02 Å². The molecule has 0 bridgehead atoms. The van der Waals surface area contributed by atoms with Crippen molar-refractivity contribution in [1.82, 2.24) is 0 Å². The second kappa shape index (κ2) is 6.60. The van der Waals surface area contributed by atoms with E-state index in [2.05, 4.69) is 5.32 Å². The van der Waals surface area contributed by atoms with Crippen molar-refractivity contribution in [2.75, 3.05) is 5.32 Å². The van der Waals surface area contributed by atoms with Gasteiger partial charge in [-0.3, -0.25) is 0 Å². The van der Waals surface area contributed by atoms with Crippen LogP contribution in [0.4, 0.5) is 10.1 Å². The largest absolute Gasteiger partial charge is 0.359 e. The number of sulfone groups is 1. The molecule has 0 aromatic heterocycles. The minimum absolute atomic E-state index is 0.00908. The topological polar surface area (TPSA) is 70.0 Å². The van der Waals surface area contributed by atoms with E-state index in [4.69, 9.17) is 16.9 Å². The van der Waals surface area contributed by atoms with E-state index >= 15 is 0 Å². The van der Waals surface area contributed by atoms with Gasteiger partial charge < -0.3 is 5.32 Å². The van der Waals surface area contributed by atoms with E-state index in [0.29, 0.717) is 5.69 Å². The molecule has 0 fully saturated rings. The lowest BCUT2D eigenvalue weighted by molar-refractivity contribution is 0.603. The van der Waals surface area contributed by atoms with E-state index < -0.39 is 20.6 Å². The molecule has 0 radical (unpaired) electrons. The third-order valence-corrected chi connectivity index (χ3v) is 4.74. The minimum atomic E-state index is -3.92. The normalized spacial score (nSPS) is 11.8. The molecule has 2 rings (SSSR count). The highest BCUT2D eigenvalue weighted by molar-refractivity contribution is 7.95. The molecular weight excluding hydrogens is 327 g/mol. The molecule has 112 valence electrons. The van der Waals surface area contributed by atoms with E-state index in [9.17, 15) is 12.8 Å². The van der Waals surface area contributed by atoms with Crippen molar-refractivity contribution >= 4 is 27.1 Å². The van der Waals surface area contributed by atoms with Gasteiger partial charge >= 0.3 is 0 Å². The molecule has 0 aliphatic carbocycles. The van der Waals surface area contributed by atoms with Gasteiger partial charge in [0.2, 0.25) is 9.84 Å². The van der Waals surface area contributed by atoms with Gasteiger partial charge in [-0.15, -0.1) is 0 Å². The standard InChI is InChI=1S/C15H10ClFN2O2S/c16-14-8-11(17)6-7-15(14)19-10-13(9-18)22(20,21)12-4-2-1-3-5-12/h1-8,10,19H/b13-10+. The summed E-state index contributed by atoms with van der Waals surface area (Å²) in [5, 5.41) is 11.8. The average molecular weight is 337 g/mol. The van der Waals surface area contributed by atoms with Crippen molar-refractivity contribution in [2.45, 2.75) is 4.90 Å². The number of hydrogen-bond acceptors (Lipinski definition) is 4. The lowest BCUT2D eigenvalue weighted by Gasteiger charge is -2.06. The Hall–Kier alpha value is -2.36. The van der Waals surface area contributed by atoms with E-state index in [1.54, 1.807) is 24.3 Å². The molecular formula is C15H10ClFN2O2S. The minimum Gasteiger partial charge on any atom is -0.359 e. The van der Waals surface area contributed by atoms with Crippen molar-refractivity contribution in [3.8, 4) is 6.07 Å². The van der Waals surface area contributed by atoms with Gasteiger partial charge in [-0.2, -0.15) is 5.26 Å². The Balaban J connectivity index is 2.34. The number of allylic oxidation sites excluding steroid dienone is 1. The molecule has 0 aliphatic heterocycles. The van der Waals surface area contributed by atoms with Gasteiger partial charge in [0.05, 0.1) is 15.6 Å². The second-order valence-corrected chi connectivity index (χ2v) is 6.53. The van der Waals surface area contributed by atoms with Crippen LogP contribution in [0, 0.1) is 17.1 Å². The molecule has 0 saturated heterocycles. The molecule has 0 spiro atoms. The Labute approximate surface area is 132 Å². The molecule has 0 atom stereocenters. The molecule has 7 heteroatoms. The van der Waals surface area contributed by atoms with Crippen LogP contribution in [0.15, 0.2) is 64.5 Å². The van der Waals surface area contributed by atoms with Crippen LogP contribution in [-0.4, -0.2) is 8.42 Å². The van der Waals surface area contributed by atoms with E-state index in [-0.39, 0.29) is 9.92 Å². The zero-order chi connectivity index (χ0) is 16.2. The van der Waals surface area contributed by atoms with Crippen LogP contribution in [0.25, 0.3) is 0 Å². The van der Waals surface area contributed by atoms with Gasteiger partial charge in [0.25, 0.3) is 0 Å². The van der Waals surface area contributed by atoms with Crippen LogP contribution in [0.5, 0.6) is 0 Å². The lowest BCUT2D eigenvalue weighted by atomic mass is 10.3. The molecule has 0 aliphatic rings.